The Morgan fingerprint density at radius 1 is 1.56 bits per heavy atom. The maximum Gasteiger partial charge on any atom is 0.346 e. The Morgan fingerprint density at radius 3 is 2.50 bits per heavy atom. The van der Waals surface area contributed by atoms with Crippen LogP contribution in [-0.4, -0.2) is 40.8 Å². The lowest BCUT2D eigenvalue weighted by atomic mass is 10.2. The Hall–Kier alpha value is -2.10. The average molecular weight is 224 g/mol. The van der Waals surface area contributed by atoms with Gasteiger partial charge >= 0.3 is 6.03 Å². The minimum absolute atomic E-state index is 0.508. The van der Waals surface area contributed by atoms with Crippen LogP contribution in [0.5, 0.6) is 0 Å². The highest BCUT2D eigenvalue weighted by Crippen LogP contribution is 2.12. The number of urea groups is 1. The topological polar surface area (TPSA) is 93.5 Å². The van der Waals surface area contributed by atoms with E-state index in [1.54, 1.807) is 13.0 Å². The van der Waals surface area contributed by atoms with Crippen molar-refractivity contribution in [2.45, 2.75) is 19.9 Å². The summed E-state index contributed by atoms with van der Waals surface area (Å²) in [6, 6.07) is 0.509. The number of nitriles is 1. The minimum Gasteiger partial charge on any atom is -0.314 e. The van der Waals surface area contributed by atoms with E-state index in [2.05, 4.69) is 5.43 Å². The fraction of sp³-hybridized carbons (Fsp3) is 0.556. The van der Waals surface area contributed by atoms with E-state index < -0.39 is 29.8 Å². The van der Waals surface area contributed by atoms with E-state index in [1.165, 1.54) is 18.9 Å². The first kappa shape index (κ1) is 12.0. The molecule has 7 heteroatoms. The summed E-state index contributed by atoms with van der Waals surface area (Å²) in [6.45, 7) is 2.94. The van der Waals surface area contributed by atoms with E-state index in [0.29, 0.717) is 5.01 Å². The molecule has 0 aromatic carbocycles. The van der Waals surface area contributed by atoms with E-state index in [4.69, 9.17) is 5.26 Å². The minimum atomic E-state index is -0.915. The first-order valence-electron chi connectivity index (χ1n) is 4.71. The lowest BCUT2D eigenvalue weighted by Gasteiger charge is -2.15. The Bertz CT molecular complexity index is 367. The molecule has 1 fully saturated rings. The van der Waals surface area contributed by atoms with Crippen molar-refractivity contribution in [3.8, 4) is 6.07 Å². The summed E-state index contributed by atoms with van der Waals surface area (Å²) in [5.74, 6) is -2.10. The monoisotopic (exact) mass is 224 g/mol. The molecular weight excluding hydrogens is 212 g/mol. The van der Waals surface area contributed by atoms with Crippen LogP contribution in [0.2, 0.25) is 0 Å². The van der Waals surface area contributed by atoms with Crippen LogP contribution in [0.1, 0.15) is 13.8 Å². The van der Waals surface area contributed by atoms with Gasteiger partial charge in [0.1, 0.15) is 12.0 Å². The van der Waals surface area contributed by atoms with Crippen LogP contribution in [0, 0.1) is 17.2 Å². The van der Waals surface area contributed by atoms with Gasteiger partial charge < -0.3 is 4.90 Å². The van der Waals surface area contributed by atoms with Gasteiger partial charge in [-0.05, 0) is 13.8 Å². The number of likely N-dealkylation sites (N-methyl/N-ethyl adjacent to an activating group) is 1. The summed E-state index contributed by atoms with van der Waals surface area (Å²) in [5, 5.41) is 9.14. The molecule has 0 saturated carbocycles. The van der Waals surface area contributed by atoms with E-state index in [-0.39, 0.29) is 0 Å². The molecule has 7 nitrogen and oxygen atoms in total. The fourth-order valence-corrected chi connectivity index (χ4v) is 1.14. The maximum absolute atomic E-state index is 11.5. The van der Waals surface area contributed by atoms with Crippen molar-refractivity contribution in [3.63, 3.8) is 0 Å². The molecule has 16 heavy (non-hydrogen) atoms. The van der Waals surface area contributed by atoms with Crippen molar-refractivity contribution >= 4 is 17.8 Å². The molecule has 1 rings (SSSR count). The van der Waals surface area contributed by atoms with Gasteiger partial charge in [-0.3, -0.25) is 15.0 Å². The molecule has 0 aromatic heterocycles. The molecule has 1 aliphatic rings. The molecule has 4 amide bonds. The van der Waals surface area contributed by atoms with Crippen LogP contribution in [0.3, 0.4) is 0 Å². The normalized spacial score (nSPS) is 22.0. The number of nitrogens with one attached hydrogen (secondary N) is 1. The third-order valence-corrected chi connectivity index (χ3v) is 2.46. The number of nitrogens with zero attached hydrogens (tertiary/aromatic N) is 3. The van der Waals surface area contributed by atoms with E-state index in [0.717, 1.165) is 0 Å². The quantitative estimate of drug-likeness (QED) is 0.637. The first-order valence-corrected chi connectivity index (χ1v) is 4.71. The van der Waals surface area contributed by atoms with Crippen molar-refractivity contribution in [1.29, 1.82) is 5.26 Å². The lowest BCUT2D eigenvalue weighted by molar-refractivity contribution is -0.137. The van der Waals surface area contributed by atoms with Crippen molar-refractivity contribution in [1.82, 2.24) is 15.3 Å². The highest BCUT2D eigenvalue weighted by molar-refractivity contribution is 6.05. The maximum atomic E-state index is 11.5. The van der Waals surface area contributed by atoms with Crippen LogP contribution in [0.4, 0.5) is 4.79 Å². The van der Waals surface area contributed by atoms with Gasteiger partial charge in [0.15, 0.2) is 0 Å². The highest BCUT2D eigenvalue weighted by Gasteiger charge is 2.41. The zero-order valence-electron chi connectivity index (χ0n) is 9.22. The molecule has 2 unspecified atom stereocenters. The second-order valence-corrected chi connectivity index (χ2v) is 3.57. The SMILES string of the molecule is CC(C#N)C(=O)NN1C(=O)C(C)N(C)C1=O. The average Bonchev–Trinajstić information content (AvgIpc) is 2.45. The molecule has 0 aromatic rings. The molecule has 1 aliphatic heterocycles. The number of hydrogen-bond donors (Lipinski definition) is 1. The van der Waals surface area contributed by atoms with Crippen molar-refractivity contribution in [3.05, 3.63) is 0 Å². The third kappa shape index (κ3) is 1.82. The van der Waals surface area contributed by atoms with E-state index >= 15 is 0 Å². The van der Waals surface area contributed by atoms with Gasteiger partial charge in [-0.15, -0.1) is 0 Å². The Labute approximate surface area is 92.6 Å². The zero-order chi connectivity index (χ0) is 12.5. The Balaban J connectivity index is 2.77. The number of carbonyl (C=O) groups excluding carboxylic acids is 3. The second kappa shape index (κ2) is 4.18. The van der Waals surface area contributed by atoms with Gasteiger partial charge in [0.2, 0.25) is 0 Å². The van der Waals surface area contributed by atoms with Crippen LogP contribution in [0.15, 0.2) is 0 Å². The Morgan fingerprint density at radius 2 is 2.12 bits per heavy atom. The van der Waals surface area contributed by atoms with Gasteiger partial charge in [0, 0.05) is 7.05 Å². The molecule has 86 valence electrons. The second-order valence-electron chi connectivity index (χ2n) is 3.57. The molecular formula is C9H12N4O3. The number of amides is 4. The zero-order valence-corrected chi connectivity index (χ0v) is 9.22. The number of hydrogen-bond acceptors (Lipinski definition) is 4. The largest absolute Gasteiger partial charge is 0.346 e. The summed E-state index contributed by atoms with van der Waals surface area (Å²) >= 11 is 0. The van der Waals surface area contributed by atoms with E-state index in [1.807, 2.05) is 0 Å². The summed E-state index contributed by atoms with van der Waals surface area (Å²) < 4.78 is 0. The van der Waals surface area contributed by atoms with Crippen molar-refractivity contribution < 1.29 is 14.4 Å². The van der Waals surface area contributed by atoms with Crippen LogP contribution in [0.25, 0.3) is 0 Å². The van der Waals surface area contributed by atoms with Gasteiger partial charge in [-0.25, -0.2) is 4.79 Å². The first-order chi connectivity index (χ1) is 7.40. The lowest BCUT2D eigenvalue weighted by Crippen LogP contribution is -2.48. The molecule has 0 radical (unpaired) electrons. The molecule has 1 saturated heterocycles. The molecule has 0 bridgehead atoms. The fourth-order valence-electron chi connectivity index (χ4n) is 1.14. The Kier molecular flexibility index (Phi) is 3.13. The standard InChI is InChI=1S/C9H12N4O3/c1-5(4-10)7(14)11-13-8(15)6(2)12(3)9(13)16/h5-6H,1-3H3,(H,11,14). The number of imide groups is 1. The smallest absolute Gasteiger partial charge is 0.314 e. The molecule has 2 atom stereocenters. The molecule has 1 N–H and O–H groups in total. The van der Waals surface area contributed by atoms with Crippen LogP contribution >= 0.6 is 0 Å². The number of hydrazine groups is 1. The number of carbonyl (C=O) groups is 3. The van der Waals surface area contributed by atoms with E-state index in [9.17, 15) is 14.4 Å². The molecule has 0 spiro atoms. The van der Waals surface area contributed by atoms with Crippen molar-refractivity contribution in [2.75, 3.05) is 7.05 Å². The third-order valence-electron chi connectivity index (χ3n) is 2.46. The molecule has 1 heterocycles. The molecule has 0 aliphatic carbocycles. The van der Waals surface area contributed by atoms with Gasteiger partial charge in [-0.1, -0.05) is 0 Å². The number of rotatable bonds is 2. The van der Waals surface area contributed by atoms with Crippen LogP contribution < -0.4 is 5.43 Å². The van der Waals surface area contributed by atoms with Crippen LogP contribution in [-0.2, 0) is 9.59 Å². The predicted molar refractivity (Wildman–Crippen MR) is 52.4 cm³/mol. The summed E-state index contributed by atoms with van der Waals surface area (Å²) in [6.07, 6.45) is 0. The highest BCUT2D eigenvalue weighted by atomic mass is 16.2. The summed E-state index contributed by atoms with van der Waals surface area (Å²) in [7, 11) is 1.46. The van der Waals surface area contributed by atoms with Crippen molar-refractivity contribution in [2.24, 2.45) is 5.92 Å². The van der Waals surface area contributed by atoms with Gasteiger partial charge in [0.25, 0.3) is 11.8 Å². The summed E-state index contributed by atoms with van der Waals surface area (Å²) in [4.78, 5) is 35.6. The van der Waals surface area contributed by atoms with Gasteiger partial charge in [0.05, 0.1) is 6.07 Å². The van der Waals surface area contributed by atoms with Gasteiger partial charge in [-0.2, -0.15) is 10.3 Å². The predicted octanol–water partition coefficient (Wildman–Crippen LogP) is -0.540. The summed E-state index contributed by atoms with van der Waals surface area (Å²) in [5.41, 5.74) is 2.12.